The van der Waals surface area contributed by atoms with Crippen LogP contribution in [-0.4, -0.2) is 12.5 Å². The van der Waals surface area contributed by atoms with Crippen molar-refractivity contribution in [1.82, 2.24) is 0 Å². The van der Waals surface area contributed by atoms with Crippen LogP contribution in [0.15, 0.2) is 36.4 Å². The minimum Gasteiger partial charge on any atom is -0.399 e. The average molecular weight is 288 g/mol. The zero-order chi connectivity index (χ0) is 15.0. The Kier molecular flexibility index (Phi) is 3.33. The van der Waals surface area contributed by atoms with Gasteiger partial charge in [0.15, 0.2) is 11.6 Å². The van der Waals surface area contributed by atoms with Crippen molar-refractivity contribution in [2.45, 2.75) is 12.8 Å². The molecule has 0 saturated carbocycles. The molecule has 3 rings (SSSR count). The molecule has 5 heteroatoms. The van der Waals surface area contributed by atoms with Crippen LogP contribution in [-0.2, 0) is 17.6 Å². The van der Waals surface area contributed by atoms with Crippen molar-refractivity contribution in [2.24, 2.45) is 0 Å². The second-order valence-corrected chi connectivity index (χ2v) is 5.07. The summed E-state index contributed by atoms with van der Waals surface area (Å²) in [5.74, 6) is -2.16. The molecule has 0 spiro atoms. The van der Waals surface area contributed by atoms with Crippen LogP contribution in [0.3, 0.4) is 0 Å². The predicted octanol–water partition coefficient (Wildman–Crippen LogP) is 2.68. The molecule has 0 saturated heterocycles. The first-order chi connectivity index (χ1) is 10.1. The summed E-state index contributed by atoms with van der Waals surface area (Å²) >= 11 is 0. The summed E-state index contributed by atoms with van der Waals surface area (Å²) in [6, 6.07) is 9.28. The molecule has 2 N–H and O–H groups in total. The van der Waals surface area contributed by atoms with Gasteiger partial charge in [0.2, 0.25) is 5.91 Å². The van der Waals surface area contributed by atoms with E-state index in [0.717, 1.165) is 23.7 Å². The fourth-order valence-corrected chi connectivity index (χ4v) is 2.60. The number of hydrogen-bond donors (Lipinski definition) is 1. The molecule has 2 aromatic rings. The number of nitrogen functional groups attached to an aromatic ring is 1. The van der Waals surface area contributed by atoms with Crippen molar-refractivity contribution in [3.8, 4) is 0 Å². The molecule has 1 heterocycles. The average Bonchev–Trinajstić information content (AvgIpc) is 2.87. The molecule has 3 nitrogen and oxygen atoms in total. The number of carbonyl (C=O) groups excluding carboxylic acids is 1. The molecule has 1 amide bonds. The number of nitrogens with two attached hydrogens (primary N) is 1. The summed E-state index contributed by atoms with van der Waals surface area (Å²) in [4.78, 5) is 13.9. The summed E-state index contributed by atoms with van der Waals surface area (Å²) in [6.07, 6.45) is 0.574. The molecular weight excluding hydrogens is 274 g/mol. The van der Waals surface area contributed by atoms with Crippen molar-refractivity contribution in [1.29, 1.82) is 0 Å². The number of hydrogen-bond acceptors (Lipinski definition) is 2. The molecule has 0 radical (unpaired) electrons. The molecule has 0 aliphatic carbocycles. The number of carbonyl (C=O) groups is 1. The van der Waals surface area contributed by atoms with Crippen LogP contribution in [0.2, 0.25) is 0 Å². The molecular formula is C16H14F2N2O. The lowest BCUT2D eigenvalue weighted by atomic mass is 10.1. The molecule has 21 heavy (non-hydrogen) atoms. The van der Waals surface area contributed by atoms with E-state index in [0.29, 0.717) is 12.2 Å². The monoisotopic (exact) mass is 288 g/mol. The molecule has 0 fully saturated rings. The van der Waals surface area contributed by atoms with Gasteiger partial charge in [-0.2, -0.15) is 0 Å². The number of halogens is 2. The van der Waals surface area contributed by atoms with Gasteiger partial charge in [0, 0.05) is 23.5 Å². The van der Waals surface area contributed by atoms with E-state index < -0.39 is 11.6 Å². The van der Waals surface area contributed by atoms with E-state index in [1.54, 1.807) is 17.0 Å². The third-order valence-corrected chi connectivity index (χ3v) is 3.68. The maximum atomic E-state index is 13.6. The van der Waals surface area contributed by atoms with E-state index in [-0.39, 0.29) is 17.9 Å². The van der Waals surface area contributed by atoms with Crippen molar-refractivity contribution < 1.29 is 13.6 Å². The predicted molar refractivity (Wildman–Crippen MR) is 77.0 cm³/mol. The van der Waals surface area contributed by atoms with E-state index in [2.05, 4.69) is 0 Å². The molecule has 0 atom stereocenters. The Labute approximate surface area is 121 Å². The molecule has 0 unspecified atom stereocenters. The Bertz CT molecular complexity index is 715. The highest BCUT2D eigenvalue weighted by Gasteiger charge is 2.25. The summed E-state index contributed by atoms with van der Waals surface area (Å²) < 4.78 is 26.8. The van der Waals surface area contributed by atoms with E-state index in [1.165, 1.54) is 12.1 Å². The smallest absolute Gasteiger partial charge is 0.231 e. The Morgan fingerprint density at radius 2 is 2.05 bits per heavy atom. The van der Waals surface area contributed by atoms with Gasteiger partial charge in [0.25, 0.3) is 0 Å². The lowest BCUT2D eigenvalue weighted by Gasteiger charge is -2.18. The Hall–Kier alpha value is -2.43. The first-order valence-corrected chi connectivity index (χ1v) is 6.68. The normalized spacial score (nSPS) is 13.3. The third-order valence-electron chi connectivity index (χ3n) is 3.68. The van der Waals surface area contributed by atoms with Crippen molar-refractivity contribution >= 4 is 17.3 Å². The minimum absolute atomic E-state index is 0.0670. The van der Waals surface area contributed by atoms with Gasteiger partial charge in [-0.05, 0) is 30.2 Å². The second kappa shape index (κ2) is 5.16. The maximum Gasteiger partial charge on any atom is 0.231 e. The van der Waals surface area contributed by atoms with Gasteiger partial charge in [0.1, 0.15) is 0 Å². The van der Waals surface area contributed by atoms with Crippen LogP contribution in [0.1, 0.15) is 11.1 Å². The largest absolute Gasteiger partial charge is 0.399 e. The highest BCUT2D eigenvalue weighted by molar-refractivity contribution is 5.97. The highest BCUT2D eigenvalue weighted by atomic mass is 19.2. The zero-order valence-electron chi connectivity index (χ0n) is 11.3. The van der Waals surface area contributed by atoms with E-state index in [1.807, 2.05) is 6.07 Å². The lowest BCUT2D eigenvalue weighted by Crippen LogP contribution is -2.30. The summed E-state index contributed by atoms with van der Waals surface area (Å²) in [6.45, 7) is 0.536. The van der Waals surface area contributed by atoms with Gasteiger partial charge in [-0.3, -0.25) is 4.79 Å². The number of benzene rings is 2. The van der Waals surface area contributed by atoms with Gasteiger partial charge in [-0.15, -0.1) is 0 Å². The van der Waals surface area contributed by atoms with Crippen LogP contribution >= 0.6 is 0 Å². The Morgan fingerprint density at radius 3 is 2.86 bits per heavy atom. The number of fused-ring (bicyclic) bond motifs is 1. The van der Waals surface area contributed by atoms with Crippen molar-refractivity contribution in [3.05, 3.63) is 59.2 Å². The van der Waals surface area contributed by atoms with Crippen LogP contribution in [0.4, 0.5) is 20.2 Å². The van der Waals surface area contributed by atoms with Crippen molar-refractivity contribution in [3.63, 3.8) is 0 Å². The third kappa shape index (κ3) is 2.46. The van der Waals surface area contributed by atoms with Crippen LogP contribution < -0.4 is 10.6 Å². The molecule has 0 bridgehead atoms. The van der Waals surface area contributed by atoms with Gasteiger partial charge in [-0.1, -0.05) is 18.2 Å². The first kappa shape index (κ1) is 13.5. The number of anilines is 2. The van der Waals surface area contributed by atoms with E-state index in [4.69, 9.17) is 5.73 Å². The summed E-state index contributed by atoms with van der Waals surface area (Å²) in [5.41, 5.74) is 8.18. The summed E-state index contributed by atoms with van der Waals surface area (Å²) in [7, 11) is 0. The zero-order valence-corrected chi connectivity index (χ0v) is 11.3. The Morgan fingerprint density at radius 1 is 1.24 bits per heavy atom. The molecule has 0 aromatic heterocycles. The second-order valence-electron chi connectivity index (χ2n) is 5.07. The quantitative estimate of drug-likeness (QED) is 0.864. The fraction of sp³-hybridized carbons (Fsp3) is 0.188. The molecule has 108 valence electrons. The fourth-order valence-electron chi connectivity index (χ4n) is 2.60. The Balaban J connectivity index is 1.85. The number of nitrogens with zero attached hydrogens (tertiary/aromatic N) is 1. The lowest BCUT2D eigenvalue weighted by molar-refractivity contribution is -0.117. The molecule has 1 aliphatic heterocycles. The van der Waals surface area contributed by atoms with Gasteiger partial charge in [-0.25, -0.2) is 8.78 Å². The van der Waals surface area contributed by atoms with Crippen LogP contribution in [0, 0.1) is 11.6 Å². The first-order valence-electron chi connectivity index (χ1n) is 6.68. The standard InChI is InChI=1S/C16H14F2N2O/c17-13-3-1-2-11(16(13)18)8-15(21)20-7-6-10-4-5-12(19)9-14(10)20/h1-5,9H,6-8,19H2. The highest BCUT2D eigenvalue weighted by Crippen LogP contribution is 2.30. The minimum atomic E-state index is -0.960. The van der Waals surface area contributed by atoms with E-state index >= 15 is 0 Å². The topological polar surface area (TPSA) is 46.3 Å². The SMILES string of the molecule is Nc1ccc2c(c1)N(C(=O)Cc1cccc(F)c1F)CC2. The van der Waals surface area contributed by atoms with Gasteiger partial charge < -0.3 is 10.6 Å². The van der Waals surface area contributed by atoms with Gasteiger partial charge >= 0.3 is 0 Å². The molecule has 1 aliphatic rings. The summed E-state index contributed by atoms with van der Waals surface area (Å²) in [5, 5.41) is 0. The van der Waals surface area contributed by atoms with Gasteiger partial charge in [0.05, 0.1) is 6.42 Å². The number of rotatable bonds is 2. The van der Waals surface area contributed by atoms with Crippen LogP contribution in [0.25, 0.3) is 0 Å². The maximum absolute atomic E-state index is 13.6. The van der Waals surface area contributed by atoms with E-state index in [9.17, 15) is 13.6 Å². The van der Waals surface area contributed by atoms with Crippen molar-refractivity contribution in [2.75, 3.05) is 17.2 Å². The molecule has 2 aromatic carbocycles. The number of amides is 1. The van der Waals surface area contributed by atoms with Crippen LogP contribution in [0.5, 0.6) is 0 Å².